The van der Waals surface area contributed by atoms with Crippen molar-refractivity contribution in [2.45, 2.75) is 31.8 Å². The number of anilines is 2. The van der Waals surface area contributed by atoms with Gasteiger partial charge in [0.15, 0.2) is 0 Å². The lowest BCUT2D eigenvalue weighted by Crippen LogP contribution is -2.21. The Hall–Kier alpha value is -1.94. The second-order valence-corrected chi connectivity index (χ2v) is 5.82. The molecule has 1 saturated carbocycles. The van der Waals surface area contributed by atoms with Crippen LogP contribution >= 0.6 is 0 Å². The lowest BCUT2D eigenvalue weighted by molar-refractivity contribution is 0.628. The number of nitrogens with zero attached hydrogens (tertiary/aromatic N) is 2. The van der Waals surface area contributed by atoms with Crippen LogP contribution in [0.15, 0.2) is 36.5 Å². The third-order valence-electron chi connectivity index (χ3n) is 4.22. The number of nitrogens with one attached hydrogen (secondary N) is 1. The van der Waals surface area contributed by atoms with E-state index in [-0.39, 0.29) is 5.82 Å². The fourth-order valence-electron chi connectivity index (χ4n) is 2.93. The molecule has 0 radical (unpaired) electrons. The first kappa shape index (κ1) is 12.8. The molecule has 0 bridgehead atoms. The maximum absolute atomic E-state index is 13.6. The SMILES string of the molecule is Fc1ccc2c(c1)N(c1ncccc1CNC1CC1)CC2. The van der Waals surface area contributed by atoms with Gasteiger partial charge >= 0.3 is 0 Å². The van der Waals surface area contributed by atoms with Crippen LogP contribution in [0.5, 0.6) is 0 Å². The Balaban J connectivity index is 1.66. The van der Waals surface area contributed by atoms with Crippen LogP contribution in [0.25, 0.3) is 0 Å². The first-order valence-corrected chi connectivity index (χ1v) is 7.54. The number of rotatable bonds is 4. The van der Waals surface area contributed by atoms with Crippen molar-refractivity contribution in [1.29, 1.82) is 0 Å². The van der Waals surface area contributed by atoms with E-state index in [1.807, 2.05) is 18.3 Å². The molecule has 2 aliphatic rings. The van der Waals surface area contributed by atoms with E-state index in [1.54, 1.807) is 6.07 Å². The fraction of sp³-hybridized carbons (Fsp3) is 0.353. The zero-order chi connectivity index (χ0) is 14.2. The summed E-state index contributed by atoms with van der Waals surface area (Å²) >= 11 is 0. The van der Waals surface area contributed by atoms with E-state index in [4.69, 9.17) is 0 Å². The highest BCUT2D eigenvalue weighted by atomic mass is 19.1. The molecule has 3 nitrogen and oxygen atoms in total. The number of hydrogen-bond donors (Lipinski definition) is 1. The summed E-state index contributed by atoms with van der Waals surface area (Å²) in [5.74, 6) is 0.768. The molecule has 1 aliphatic heterocycles. The van der Waals surface area contributed by atoms with Gasteiger partial charge in [0.05, 0.1) is 0 Å². The van der Waals surface area contributed by atoms with Gasteiger partial charge in [-0.2, -0.15) is 0 Å². The molecule has 0 unspecified atom stereocenters. The van der Waals surface area contributed by atoms with E-state index in [0.717, 1.165) is 31.0 Å². The Bertz CT molecular complexity index is 667. The Labute approximate surface area is 123 Å². The molecule has 1 fully saturated rings. The molecule has 1 N–H and O–H groups in total. The van der Waals surface area contributed by atoms with Gasteiger partial charge < -0.3 is 10.2 Å². The molecule has 0 atom stereocenters. The van der Waals surface area contributed by atoms with Gasteiger partial charge in [-0.1, -0.05) is 12.1 Å². The molecule has 21 heavy (non-hydrogen) atoms. The molecule has 108 valence electrons. The smallest absolute Gasteiger partial charge is 0.137 e. The largest absolute Gasteiger partial charge is 0.325 e. The number of fused-ring (bicyclic) bond motifs is 1. The zero-order valence-electron chi connectivity index (χ0n) is 11.8. The van der Waals surface area contributed by atoms with E-state index < -0.39 is 0 Å². The molecule has 4 rings (SSSR count). The molecular weight excluding hydrogens is 265 g/mol. The molecule has 2 aromatic rings. The van der Waals surface area contributed by atoms with Crippen LogP contribution in [0.3, 0.4) is 0 Å². The molecule has 0 spiro atoms. The summed E-state index contributed by atoms with van der Waals surface area (Å²) in [4.78, 5) is 6.69. The van der Waals surface area contributed by atoms with Crippen molar-refractivity contribution in [1.82, 2.24) is 10.3 Å². The zero-order valence-corrected chi connectivity index (χ0v) is 11.8. The lowest BCUT2D eigenvalue weighted by Gasteiger charge is -2.21. The molecule has 1 aliphatic carbocycles. The van der Waals surface area contributed by atoms with Gasteiger partial charge in [0.1, 0.15) is 11.6 Å². The van der Waals surface area contributed by atoms with E-state index >= 15 is 0 Å². The monoisotopic (exact) mass is 283 g/mol. The van der Waals surface area contributed by atoms with Gasteiger partial charge in [0.25, 0.3) is 0 Å². The van der Waals surface area contributed by atoms with Gasteiger partial charge in [-0.05, 0) is 43.0 Å². The maximum atomic E-state index is 13.6. The van der Waals surface area contributed by atoms with Crippen molar-refractivity contribution in [3.05, 3.63) is 53.5 Å². The summed E-state index contributed by atoms with van der Waals surface area (Å²) in [5.41, 5.74) is 3.34. The van der Waals surface area contributed by atoms with E-state index in [0.29, 0.717) is 6.04 Å². The van der Waals surface area contributed by atoms with Crippen molar-refractivity contribution in [2.24, 2.45) is 0 Å². The van der Waals surface area contributed by atoms with Crippen molar-refractivity contribution in [3.8, 4) is 0 Å². The van der Waals surface area contributed by atoms with Gasteiger partial charge in [-0.3, -0.25) is 0 Å². The minimum absolute atomic E-state index is 0.186. The molecule has 0 saturated heterocycles. The maximum Gasteiger partial charge on any atom is 0.137 e. The number of halogens is 1. The highest BCUT2D eigenvalue weighted by molar-refractivity contribution is 5.69. The normalized spacial score (nSPS) is 17.1. The van der Waals surface area contributed by atoms with Crippen molar-refractivity contribution >= 4 is 11.5 Å². The van der Waals surface area contributed by atoms with Gasteiger partial charge in [-0.15, -0.1) is 0 Å². The highest BCUT2D eigenvalue weighted by Gasteiger charge is 2.25. The minimum Gasteiger partial charge on any atom is -0.325 e. The predicted molar refractivity (Wildman–Crippen MR) is 81.2 cm³/mol. The molecule has 1 aromatic carbocycles. The molecule has 2 heterocycles. The summed E-state index contributed by atoms with van der Waals surface area (Å²) in [6.45, 7) is 1.70. The van der Waals surface area contributed by atoms with Crippen LogP contribution in [0, 0.1) is 5.82 Å². The summed E-state index contributed by atoms with van der Waals surface area (Å²) < 4.78 is 13.6. The molecule has 4 heteroatoms. The number of pyridine rings is 1. The Morgan fingerprint density at radius 2 is 2.19 bits per heavy atom. The Kier molecular flexibility index (Phi) is 3.11. The van der Waals surface area contributed by atoms with Crippen molar-refractivity contribution in [3.63, 3.8) is 0 Å². The highest BCUT2D eigenvalue weighted by Crippen LogP contribution is 2.35. The van der Waals surface area contributed by atoms with Crippen LogP contribution in [0.1, 0.15) is 24.0 Å². The third kappa shape index (κ3) is 2.51. The molecule has 1 aromatic heterocycles. The second kappa shape index (κ2) is 5.11. The fourth-order valence-corrected chi connectivity index (χ4v) is 2.93. The van der Waals surface area contributed by atoms with Crippen LogP contribution in [0.4, 0.5) is 15.9 Å². The van der Waals surface area contributed by atoms with Crippen LogP contribution < -0.4 is 10.2 Å². The summed E-state index contributed by atoms with van der Waals surface area (Å²) in [6, 6.07) is 9.79. The Morgan fingerprint density at radius 1 is 1.29 bits per heavy atom. The van der Waals surface area contributed by atoms with Gasteiger partial charge in [0, 0.05) is 36.6 Å². The number of aromatic nitrogens is 1. The third-order valence-corrected chi connectivity index (χ3v) is 4.22. The lowest BCUT2D eigenvalue weighted by atomic mass is 10.1. The van der Waals surface area contributed by atoms with Crippen LogP contribution in [-0.4, -0.2) is 17.6 Å². The van der Waals surface area contributed by atoms with E-state index in [2.05, 4.69) is 21.3 Å². The van der Waals surface area contributed by atoms with Crippen molar-refractivity contribution < 1.29 is 4.39 Å². The van der Waals surface area contributed by atoms with Gasteiger partial charge in [0.2, 0.25) is 0 Å². The minimum atomic E-state index is -0.186. The second-order valence-electron chi connectivity index (χ2n) is 5.82. The molecule has 0 amide bonds. The average Bonchev–Trinajstić information content (AvgIpc) is 3.24. The number of benzene rings is 1. The van der Waals surface area contributed by atoms with E-state index in [9.17, 15) is 4.39 Å². The Morgan fingerprint density at radius 3 is 3.05 bits per heavy atom. The van der Waals surface area contributed by atoms with Gasteiger partial charge in [-0.25, -0.2) is 9.37 Å². The summed E-state index contributed by atoms with van der Waals surface area (Å²) in [5, 5.41) is 3.53. The first-order valence-electron chi connectivity index (χ1n) is 7.54. The van der Waals surface area contributed by atoms with Crippen molar-refractivity contribution in [2.75, 3.05) is 11.4 Å². The topological polar surface area (TPSA) is 28.2 Å². The predicted octanol–water partition coefficient (Wildman–Crippen LogP) is 3.17. The average molecular weight is 283 g/mol. The standard InChI is InChI=1S/C17H18FN3/c18-14-4-3-12-7-9-21(16(12)10-14)17-13(2-1-8-19-17)11-20-15-5-6-15/h1-4,8,10,15,20H,5-7,9,11H2. The van der Waals surface area contributed by atoms with E-state index in [1.165, 1.54) is 30.0 Å². The molecular formula is C17H18FN3. The number of hydrogen-bond acceptors (Lipinski definition) is 3. The summed E-state index contributed by atoms with van der Waals surface area (Å²) in [7, 11) is 0. The van der Waals surface area contributed by atoms with Crippen LogP contribution in [0.2, 0.25) is 0 Å². The first-order chi connectivity index (χ1) is 10.3. The quantitative estimate of drug-likeness (QED) is 0.934. The summed E-state index contributed by atoms with van der Waals surface area (Å²) in [6.07, 6.45) is 5.30. The van der Waals surface area contributed by atoms with Crippen LogP contribution in [-0.2, 0) is 13.0 Å².